The highest BCUT2D eigenvalue weighted by Crippen LogP contribution is 2.26. The summed E-state index contributed by atoms with van der Waals surface area (Å²) in [6.45, 7) is 4.10. The lowest BCUT2D eigenvalue weighted by molar-refractivity contribution is 0.104. The number of carbonyl (C=O) groups excluding carboxylic acids is 1. The maximum Gasteiger partial charge on any atom is 0.189 e. The number of allylic oxidation sites excluding steroid dienone is 1. The molecule has 28 heavy (non-hydrogen) atoms. The first-order valence-corrected chi connectivity index (χ1v) is 9.57. The number of furan rings is 1. The fourth-order valence-corrected chi connectivity index (χ4v) is 3.73. The zero-order chi connectivity index (χ0) is 19.7. The Bertz CT molecular complexity index is 1060. The molecule has 0 bridgehead atoms. The second kappa shape index (κ2) is 7.50. The molecule has 5 heteroatoms. The quantitative estimate of drug-likeness (QED) is 0.466. The molecule has 0 saturated carbocycles. The van der Waals surface area contributed by atoms with Gasteiger partial charge in [0.15, 0.2) is 5.78 Å². The van der Waals surface area contributed by atoms with Gasteiger partial charge in [0.25, 0.3) is 0 Å². The van der Waals surface area contributed by atoms with Crippen LogP contribution in [-0.4, -0.2) is 15.6 Å². The molecule has 0 fully saturated rings. The summed E-state index contributed by atoms with van der Waals surface area (Å²) in [5.74, 6) is 2.14. The molecule has 0 unspecified atom stereocenters. The molecular formula is C23H24N2O3. The second-order valence-electron chi connectivity index (χ2n) is 7.24. The average molecular weight is 376 g/mol. The summed E-state index contributed by atoms with van der Waals surface area (Å²) in [5, 5.41) is 4.29. The summed E-state index contributed by atoms with van der Waals surface area (Å²) in [4.78, 5) is 12.5. The van der Waals surface area contributed by atoms with Crippen LogP contribution in [0, 0.1) is 13.8 Å². The molecule has 0 amide bonds. The largest absolute Gasteiger partial charge is 0.486 e. The van der Waals surface area contributed by atoms with Gasteiger partial charge in [-0.2, -0.15) is 5.10 Å². The molecule has 3 aromatic rings. The van der Waals surface area contributed by atoms with Gasteiger partial charge in [-0.25, -0.2) is 0 Å². The summed E-state index contributed by atoms with van der Waals surface area (Å²) < 4.78 is 13.3. The van der Waals surface area contributed by atoms with Crippen molar-refractivity contribution >= 4 is 11.9 Å². The molecule has 2 aromatic heterocycles. The van der Waals surface area contributed by atoms with Gasteiger partial charge < -0.3 is 9.15 Å². The van der Waals surface area contributed by atoms with E-state index in [0.717, 1.165) is 29.3 Å². The number of ketones is 1. The normalized spacial score (nSPS) is 13.2. The standard InChI is InChI=1S/C23H24N2O3/c1-15-23(16(2)25(3)24-15)22(26)12-11-19-9-10-21(28-19)14-27-20-8-7-17-5-4-6-18(17)13-20/h7-13H,4-6,14H2,1-3H3/b12-11+. The van der Waals surface area contributed by atoms with Crippen LogP contribution in [-0.2, 0) is 26.5 Å². The van der Waals surface area contributed by atoms with Crippen molar-refractivity contribution in [3.8, 4) is 5.75 Å². The van der Waals surface area contributed by atoms with E-state index in [9.17, 15) is 4.79 Å². The lowest BCUT2D eigenvalue weighted by Gasteiger charge is -2.06. The molecule has 0 N–H and O–H groups in total. The van der Waals surface area contributed by atoms with Gasteiger partial charge in [0.2, 0.25) is 0 Å². The van der Waals surface area contributed by atoms with E-state index in [-0.39, 0.29) is 5.78 Å². The van der Waals surface area contributed by atoms with Crippen molar-refractivity contribution in [1.29, 1.82) is 0 Å². The van der Waals surface area contributed by atoms with Gasteiger partial charge in [0.05, 0.1) is 11.3 Å². The van der Waals surface area contributed by atoms with Gasteiger partial charge in [-0.05, 0) is 80.7 Å². The highest BCUT2D eigenvalue weighted by molar-refractivity contribution is 6.08. The molecule has 0 aliphatic heterocycles. The molecule has 4 rings (SSSR count). The minimum atomic E-state index is -0.0737. The van der Waals surface area contributed by atoms with E-state index in [4.69, 9.17) is 9.15 Å². The van der Waals surface area contributed by atoms with E-state index in [1.165, 1.54) is 30.0 Å². The Kier molecular flexibility index (Phi) is 4.90. The minimum absolute atomic E-state index is 0.0737. The number of fused-ring (bicyclic) bond motifs is 1. The Labute approximate surface area is 164 Å². The smallest absolute Gasteiger partial charge is 0.189 e. The summed E-state index contributed by atoms with van der Waals surface area (Å²) >= 11 is 0. The van der Waals surface area contributed by atoms with Crippen LogP contribution >= 0.6 is 0 Å². The molecule has 1 aromatic carbocycles. The van der Waals surface area contributed by atoms with Crippen LogP contribution in [0.25, 0.3) is 6.08 Å². The Balaban J connectivity index is 1.39. The third-order valence-corrected chi connectivity index (χ3v) is 5.29. The van der Waals surface area contributed by atoms with Gasteiger partial charge in [-0.3, -0.25) is 9.48 Å². The number of aromatic nitrogens is 2. The monoisotopic (exact) mass is 376 g/mol. The molecule has 0 radical (unpaired) electrons. The maximum atomic E-state index is 12.5. The predicted octanol–water partition coefficient (Wildman–Crippen LogP) is 4.59. The molecule has 2 heterocycles. The van der Waals surface area contributed by atoms with Crippen molar-refractivity contribution in [2.75, 3.05) is 0 Å². The number of rotatable bonds is 6. The Morgan fingerprint density at radius 3 is 2.82 bits per heavy atom. The van der Waals surface area contributed by atoms with E-state index >= 15 is 0 Å². The van der Waals surface area contributed by atoms with Gasteiger partial charge >= 0.3 is 0 Å². The third-order valence-electron chi connectivity index (χ3n) is 5.29. The first kappa shape index (κ1) is 18.3. The fraction of sp³-hybridized carbons (Fsp3) is 0.304. The SMILES string of the molecule is Cc1nn(C)c(C)c1C(=O)/C=C/c1ccc(COc2ccc3c(c2)CCC3)o1. The highest BCUT2D eigenvalue weighted by atomic mass is 16.5. The van der Waals surface area contributed by atoms with Crippen LogP contribution in [0.3, 0.4) is 0 Å². The number of ether oxygens (including phenoxy) is 1. The molecule has 0 atom stereocenters. The zero-order valence-electron chi connectivity index (χ0n) is 16.5. The molecule has 0 saturated heterocycles. The zero-order valence-corrected chi connectivity index (χ0v) is 16.5. The molecule has 1 aliphatic rings. The average Bonchev–Trinajstić information content (AvgIpc) is 3.38. The lowest BCUT2D eigenvalue weighted by atomic mass is 10.1. The van der Waals surface area contributed by atoms with E-state index in [1.807, 2.05) is 39.1 Å². The van der Waals surface area contributed by atoms with Crippen molar-refractivity contribution in [3.05, 3.63) is 76.0 Å². The first-order valence-electron chi connectivity index (χ1n) is 9.57. The number of aryl methyl sites for hydroxylation is 4. The highest BCUT2D eigenvalue weighted by Gasteiger charge is 2.15. The molecular weight excluding hydrogens is 352 g/mol. The number of hydrogen-bond acceptors (Lipinski definition) is 4. The number of benzene rings is 1. The summed E-state index contributed by atoms with van der Waals surface area (Å²) in [7, 11) is 1.84. The molecule has 5 nitrogen and oxygen atoms in total. The number of carbonyl (C=O) groups is 1. The van der Waals surface area contributed by atoms with Crippen molar-refractivity contribution in [1.82, 2.24) is 9.78 Å². The molecule has 144 valence electrons. The van der Waals surface area contributed by atoms with Crippen LogP contribution in [0.4, 0.5) is 0 Å². The first-order chi connectivity index (χ1) is 13.5. The lowest BCUT2D eigenvalue weighted by Crippen LogP contribution is -1.99. The van der Waals surface area contributed by atoms with Crippen molar-refractivity contribution in [2.24, 2.45) is 7.05 Å². The van der Waals surface area contributed by atoms with E-state index in [1.54, 1.807) is 10.8 Å². The van der Waals surface area contributed by atoms with Crippen LogP contribution in [0.5, 0.6) is 5.75 Å². The van der Waals surface area contributed by atoms with E-state index < -0.39 is 0 Å². The number of hydrogen-bond donors (Lipinski definition) is 0. The predicted molar refractivity (Wildman–Crippen MR) is 108 cm³/mol. The summed E-state index contributed by atoms with van der Waals surface area (Å²) in [5.41, 5.74) is 5.06. The Hall–Kier alpha value is -3.08. The topological polar surface area (TPSA) is 57.3 Å². The van der Waals surface area contributed by atoms with Gasteiger partial charge in [0, 0.05) is 12.7 Å². The van der Waals surface area contributed by atoms with Crippen molar-refractivity contribution < 1.29 is 13.9 Å². The summed E-state index contributed by atoms with van der Waals surface area (Å²) in [6.07, 6.45) is 6.74. The van der Waals surface area contributed by atoms with E-state index in [2.05, 4.69) is 17.2 Å². The van der Waals surface area contributed by atoms with Crippen LogP contribution in [0.2, 0.25) is 0 Å². The minimum Gasteiger partial charge on any atom is -0.486 e. The Morgan fingerprint density at radius 1 is 1.21 bits per heavy atom. The van der Waals surface area contributed by atoms with Crippen LogP contribution in [0.1, 0.15) is 50.8 Å². The second-order valence-corrected chi connectivity index (χ2v) is 7.24. The summed E-state index contributed by atoms with van der Waals surface area (Å²) in [6, 6.07) is 10.0. The maximum absolute atomic E-state index is 12.5. The van der Waals surface area contributed by atoms with Crippen LogP contribution in [0.15, 0.2) is 40.8 Å². The van der Waals surface area contributed by atoms with Gasteiger partial charge in [-0.15, -0.1) is 0 Å². The molecule has 1 aliphatic carbocycles. The fourth-order valence-electron chi connectivity index (χ4n) is 3.73. The van der Waals surface area contributed by atoms with Gasteiger partial charge in [-0.1, -0.05) is 6.07 Å². The van der Waals surface area contributed by atoms with Crippen LogP contribution < -0.4 is 4.74 Å². The number of nitrogens with zero attached hydrogens (tertiary/aromatic N) is 2. The van der Waals surface area contributed by atoms with Gasteiger partial charge in [0.1, 0.15) is 23.9 Å². The van der Waals surface area contributed by atoms with Crippen molar-refractivity contribution in [2.45, 2.75) is 39.7 Å². The molecule has 0 spiro atoms. The van der Waals surface area contributed by atoms with E-state index in [0.29, 0.717) is 17.9 Å². The Morgan fingerprint density at radius 2 is 2.04 bits per heavy atom. The third kappa shape index (κ3) is 3.65. The van der Waals surface area contributed by atoms with Crippen molar-refractivity contribution in [3.63, 3.8) is 0 Å².